The first-order valence-electron chi connectivity index (χ1n) is 4.54. The second kappa shape index (κ2) is 4.12. The summed E-state index contributed by atoms with van der Waals surface area (Å²) in [6.45, 7) is 4.21. The van der Waals surface area contributed by atoms with Gasteiger partial charge in [-0.25, -0.2) is 4.68 Å². The number of aromatic nitrogens is 2. The van der Waals surface area contributed by atoms with Crippen molar-refractivity contribution in [1.82, 2.24) is 9.78 Å². The number of alkyl halides is 3. The Kier molecular flexibility index (Phi) is 3.26. The van der Waals surface area contributed by atoms with Gasteiger partial charge in [0.15, 0.2) is 5.69 Å². The molecule has 6 heteroatoms. The number of hydrogen-bond acceptors (Lipinski definition) is 2. The molecule has 0 fully saturated rings. The van der Waals surface area contributed by atoms with Crippen LogP contribution in [0.2, 0.25) is 0 Å². The number of hydrogen-bond donors (Lipinski definition) is 0. The molecule has 86 valence electrons. The van der Waals surface area contributed by atoms with Gasteiger partial charge in [-0.15, -0.1) is 0 Å². The molecule has 0 amide bonds. The van der Waals surface area contributed by atoms with E-state index in [1.165, 1.54) is 7.05 Å². The number of aryl methyl sites for hydroxylation is 1. The lowest BCUT2D eigenvalue weighted by molar-refractivity contribution is -0.141. The third kappa shape index (κ3) is 3.14. The molecule has 0 unspecified atom stereocenters. The topological polar surface area (TPSA) is 27.1 Å². The Bertz CT molecular complexity index is 331. The van der Waals surface area contributed by atoms with Gasteiger partial charge >= 0.3 is 6.18 Å². The molecular formula is C9H13F3N2O. The SMILES string of the molecule is CC(C)COc1cc(C(F)(F)F)nn1C. The van der Waals surface area contributed by atoms with Crippen molar-refractivity contribution in [3.63, 3.8) is 0 Å². The van der Waals surface area contributed by atoms with E-state index in [0.29, 0.717) is 6.61 Å². The van der Waals surface area contributed by atoms with Crippen molar-refractivity contribution in [2.45, 2.75) is 20.0 Å². The van der Waals surface area contributed by atoms with Crippen molar-refractivity contribution in [3.05, 3.63) is 11.8 Å². The molecule has 15 heavy (non-hydrogen) atoms. The molecule has 0 aliphatic rings. The smallest absolute Gasteiger partial charge is 0.435 e. The minimum atomic E-state index is -4.42. The highest BCUT2D eigenvalue weighted by Gasteiger charge is 2.34. The van der Waals surface area contributed by atoms with Crippen LogP contribution in [-0.2, 0) is 13.2 Å². The molecule has 3 nitrogen and oxygen atoms in total. The fourth-order valence-corrected chi connectivity index (χ4v) is 0.976. The summed E-state index contributed by atoms with van der Waals surface area (Å²) in [5, 5.41) is 3.33. The largest absolute Gasteiger partial charge is 0.478 e. The zero-order chi connectivity index (χ0) is 11.6. The van der Waals surface area contributed by atoms with Crippen LogP contribution in [-0.4, -0.2) is 16.4 Å². The summed E-state index contributed by atoms with van der Waals surface area (Å²) in [6, 6.07) is 0.905. The molecular weight excluding hydrogens is 209 g/mol. The van der Waals surface area contributed by atoms with E-state index < -0.39 is 11.9 Å². The lowest BCUT2D eigenvalue weighted by Crippen LogP contribution is -2.07. The molecule has 1 heterocycles. The molecule has 0 radical (unpaired) electrons. The van der Waals surface area contributed by atoms with Gasteiger partial charge in [-0.05, 0) is 5.92 Å². The quantitative estimate of drug-likeness (QED) is 0.785. The molecule has 0 N–H and O–H groups in total. The fraction of sp³-hybridized carbons (Fsp3) is 0.667. The zero-order valence-corrected chi connectivity index (χ0v) is 8.80. The molecule has 0 saturated heterocycles. The minimum Gasteiger partial charge on any atom is -0.478 e. The van der Waals surface area contributed by atoms with E-state index in [2.05, 4.69) is 5.10 Å². The molecule has 0 bridgehead atoms. The van der Waals surface area contributed by atoms with Gasteiger partial charge in [-0.1, -0.05) is 13.8 Å². The second-order valence-corrected chi connectivity index (χ2v) is 3.69. The Morgan fingerprint density at radius 3 is 2.47 bits per heavy atom. The zero-order valence-electron chi connectivity index (χ0n) is 8.80. The number of ether oxygens (including phenoxy) is 1. The van der Waals surface area contributed by atoms with Crippen molar-refractivity contribution < 1.29 is 17.9 Å². The first kappa shape index (κ1) is 11.9. The van der Waals surface area contributed by atoms with E-state index in [0.717, 1.165) is 10.7 Å². The van der Waals surface area contributed by atoms with Gasteiger partial charge in [-0.3, -0.25) is 0 Å². The fourth-order valence-electron chi connectivity index (χ4n) is 0.976. The van der Waals surface area contributed by atoms with Crippen molar-refractivity contribution in [1.29, 1.82) is 0 Å². The first-order chi connectivity index (χ1) is 6.80. The van der Waals surface area contributed by atoms with E-state index in [-0.39, 0.29) is 11.8 Å². The molecule has 1 aromatic rings. The molecule has 0 aromatic carbocycles. The van der Waals surface area contributed by atoms with Crippen LogP contribution in [0.4, 0.5) is 13.2 Å². The van der Waals surface area contributed by atoms with Gasteiger partial charge in [0.1, 0.15) is 0 Å². The van der Waals surface area contributed by atoms with E-state index in [9.17, 15) is 13.2 Å². The molecule has 1 aromatic heterocycles. The van der Waals surface area contributed by atoms with Gasteiger partial charge in [0.05, 0.1) is 6.61 Å². The van der Waals surface area contributed by atoms with Crippen LogP contribution in [0.3, 0.4) is 0 Å². The Labute approximate surface area is 85.8 Å². The van der Waals surface area contributed by atoms with Crippen LogP contribution in [0.15, 0.2) is 6.07 Å². The summed E-state index contributed by atoms with van der Waals surface area (Å²) in [5.74, 6) is 0.394. The van der Waals surface area contributed by atoms with Gasteiger partial charge in [0, 0.05) is 13.1 Å². The van der Waals surface area contributed by atoms with E-state index >= 15 is 0 Å². The van der Waals surface area contributed by atoms with E-state index in [4.69, 9.17) is 4.74 Å². The maximum absolute atomic E-state index is 12.2. The van der Waals surface area contributed by atoms with Crippen LogP contribution in [0.1, 0.15) is 19.5 Å². The highest BCUT2D eigenvalue weighted by molar-refractivity contribution is 5.18. The van der Waals surface area contributed by atoms with Crippen LogP contribution in [0.5, 0.6) is 5.88 Å². The van der Waals surface area contributed by atoms with Crippen LogP contribution in [0.25, 0.3) is 0 Å². The summed E-state index contributed by atoms with van der Waals surface area (Å²) >= 11 is 0. The van der Waals surface area contributed by atoms with Gasteiger partial charge in [-0.2, -0.15) is 18.3 Å². The summed E-state index contributed by atoms with van der Waals surface area (Å²) in [6.07, 6.45) is -4.42. The van der Waals surface area contributed by atoms with Crippen LogP contribution < -0.4 is 4.74 Å². The number of halogens is 3. The highest BCUT2D eigenvalue weighted by atomic mass is 19.4. The Morgan fingerprint density at radius 1 is 1.47 bits per heavy atom. The summed E-state index contributed by atoms with van der Waals surface area (Å²) < 4.78 is 43.0. The molecule has 0 aliphatic carbocycles. The summed E-state index contributed by atoms with van der Waals surface area (Å²) in [4.78, 5) is 0. The Balaban J connectivity index is 2.78. The predicted octanol–water partition coefficient (Wildman–Crippen LogP) is 2.47. The number of nitrogens with zero attached hydrogens (tertiary/aromatic N) is 2. The monoisotopic (exact) mass is 222 g/mol. The third-order valence-corrected chi connectivity index (χ3v) is 1.69. The predicted molar refractivity (Wildman–Crippen MR) is 48.5 cm³/mol. The van der Waals surface area contributed by atoms with Gasteiger partial charge < -0.3 is 4.74 Å². The van der Waals surface area contributed by atoms with Crippen molar-refractivity contribution >= 4 is 0 Å². The van der Waals surface area contributed by atoms with Crippen LogP contribution in [0, 0.1) is 5.92 Å². The van der Waals surface area contributed by atoms with E-state index in [1.54, 1.807) is 0 Å². The normalized spacial score (nSPS) is 12.2. The third-order valence-electron chi connectivity index (χ3n) is 1.69. The lowest BCUT2D eigenvalue weighted by Gasteiger charge is -2.07. The number of rotatable bonds is 3. The van der Waals surface area contributed by atoms with Crippen molar-refractivity contribution in [2.24, 2.45) is 13.0 Å². The van der Waals surface area contributed by atoms with Crippen molar-refractivity contribution in [3.8, 4) is 5.88 Å². The maximum Gasteiger partial charge on any atom is 0.435 e. The Hall–Kier alpha value is -1.20. The molecule has 0 spiro atoms. The minimum absolute atomic E-state index is 0.135. The lowest BCUT2D eigenvalue weighted by atomic mass is 10.2. The summed E-state index contributed by atoms with van der Waals surface area (Å²) in [5.41, 5.74) is -0.927. The average molecular weight is 222 g/mol. The van der Waals surface area contributed by atoms with E-state index in [1.807, 2.05) is 13.8 Å². The maximum atomic E-state index is 12.2. The van der Waals surface area contributed by atoms with Gasteiger partial charge in [0.2, 0.25) is 5.88 Å². The summed E-state index contributed by atoms with van der Waals surface area (Å²) in [7, 11) is 1.42. The molecule has 0 atom stereocenters. The average Bonchev–Trinajstić information content (AvgIpc) is 2.42. The first-order valence-corrected chi connectivity index (χ1v) is 4.54. The molecule has 0 saturated carbocycles. The second-order valence-electron chi connectivity index (χ2n) is 3.69. The van der Waals surface area contributed by atoms with Gasteiger partial charge in [0.25, 0.3) is 0 Å². The Morgan fingerprint density at radius 2 is 2.07 bits per heavy atom. The standard InChI is InChI=1S/C9H13F3N2O/c1-6(2)5-15-8-4-7(9(10,11)12)13-14(8)3/h4,6H,5H2,1-3H3. The highest BCUT2D eigenvalue weighted by Crippen LogP contribution is 2.30. The van der Waals surface area contributed by atoms with Crippen molar-refractivity contribution in [2.75, 3.05) is 6.61 Å². The van der Waals surface area contributed by atoms with Crippen LogP contribution >= 0.6 is 0 Å². The molecule has 1 rings (SSSR count). The molecule has 0 aliphatic heterocycles.